The summed E-state index contributed by atoms with van der Waals surface area (Å²) < 4.78 is 20.1. The number of rotatable bonds is 6. The van der Waals surface area contributed by atoms with Crippen LogP contribution in [0, 0.1) is 11.7 Å². The molecule has 3 aromatic rings. The van der Waals surface area contributed by atoms with Gasteiger partial charge in [0.2, 0.25) is 5.91 Å². The quantitative estimate of drug-likeness (QED) is 0.419. The molecule has 1 saturated heterocycles. The van der Waals surface area contributed by atoms with Gasteiger partial charge >= 0.3 is 5.97 Å². The van der Waals surface area contributed by atoms with Gasteiger partial charge in [0, 0.05) is 24.3 Å². The standard InChI is InChI=1S/C23H23FN4O3S/c1-31-22(30)17-11-13-27(14-12-17)20(29)15-32-23-26-25-21(16-5-3-2-4-6-16)28(23)19-9-7-18(24)8-10-19/h2-10,17H,11-15H2,1H3. The Bertz CT molecular complexity index is 1080. The number of thioether (sulfide) groups is 1. The molecule has 32 heavy (non-hydrogen) atoms. The SMILES string of the molecule is COC(=O)C1CCN(C(=O)CSc2nnc(-c3ccccc3)n2-c2ccc(F)cc2)CC1. The van der Waals surface area contributed by atoms with Gasteiger partial charge in [-0.25, -0.2) is 4.39 Å². The summed E-state index contributed by atoms with van der Waals surface area (Å²) in [5.74, 6) is 0.0953. The zero-order valence-corrected chi connectivity index (χ0v) is 18.4. The minimum Gasteiger partial charge on any atom is -0.469 e. The Hall–Kier alpha value is -3.20. The molecular formula is C23H23FN4O3S. The van der Waals surface area contributed by atoms with E-state index in [0.29, 0.717) is 42.6 Å². The Morgan fingerprint density at radius 1 is 1.06 bits per heavy atom. The first-order valence-corrected chi connectivity index (χ1v) is 11.3. The van der Waals surface area contributed by atoms with Crippen LogP contribution in [0.4, 0.5) is 4.39 Å². The largest absolute Gasteiger partial charge is 0.469 e. The topological polar surface area (TPSA) is 77.3 Å². The van der Waals surface area contributed by atoms with Crippen molar-refractivity contribution in [1.29, 1.82) is 0 Å². The normalized spacial score (nSPS) is 14.4. The highest BCUT2D eigenvalue weighted by Crippen LogP contribution is 2.28. The van der Waals surface area contributed by atoms with Crippen LogP contribution < -0.4 is 0 Å². The number of hydrogen-bond acceptors (Lipinski definition) is 6. The molecule has 0 spiro atoms. The van der Waals surface area contributed by atoms with E-state index < -0.39 is 0 Å². The third-order valence-electron chi connectivity index (χ3n) is 5.46. The second-order valence-corrected chi connectivity index (χ2v) is 8.39. The fraction of sp³-hybridized carbons (Fsp3) is 0.304. The lowest BCUT2D eigenvalue weighted by Crippen LogP contribution is -2.41. The second-order valence-electron chi connectivity index (χ2n) is 7.45. The first-order chi connectivity index (χ1) is 15.6. The first-order valence-electron chi connectivity index (χ1n) is 10.3. The number of benzene rings is 2. The number of aromatic nitrogens is 3. The van der Waals surface area contributed by atoms with E-state index in [0.717, 1.165) is 5.56 Å². The number of carbonyl (C=O) groups is 2. The van der Waals surface area contributed by atoms with E-state index in [2.05, 4.69) is 10.2 Å². The van der Waals surface area contributed by atoms with Gasteiger partial charge in [-0.2, -0.15) is 0 Å². The Morgan fingerprint density at radius 2 is 1.75 bits per heavy atom. The molecule has 7 nitrogen and oxygen atoms in total. The fourth-order valence-corrected chi connectivity index (χ4v) is 4.56. The van der Waals surface area contributed by atoms with E-state index in [9.17, 15) is 14.0 Å². The van der Waals surface area contributed by atoms with Crippen molar-refractivity contribution in [2.24, 2.45) is 5.92 Å². The van der Waals surface area contributed by atoms with Crippen molar-refractivity contribution < 1.29 is 18.7 Å². The molecule has 0 atom stereocenters. The number of carbonyl (C=O) groups excluding carboxylic acids is 2. The molecule has 0 bridgehead atoms. The van der Waals surface area contributed by atoms with Crippen LogP contribution in [0.3, 0.4) is 0 Å². The third kappa shape index (κ3) is 4.83. The van der Waals surface area contributed by atoms with Gasteiger partial charge in [-0.15, -0.1) is 10.2 Å². The van der Waals surface area contributed by atoms with Crippen LogP contribution in [0.25, 0.3) is 17.1 Å². The molecule has 1 amide bonds. The lowest BCUT2D eigenvalue weighted by Gasteiger charge is -2.30. The molecule has 166 valence electrons. The van der Waals surface area contributed by atoms with Crippen LogP contribution in [0.1, 0.15) is 12.8 Å². The van der Waals surface area contributed by atoms with Crippen LogP contribution in [0.5, 0.6) is 0 Å². The van der Waals surface area contributed by atoms with Crippen molar-refractivity contribution in [1.82, 2.24) is 19.7 Å². The zero-order valence-electron chi connectivity index (χ0n) is 17.6. The maximum absolute atomic E-state index is 13.5. The second kappa shape index (κ2) is 9.95. The van der Waals surface area contributed by atoms with Crippen LogP contribution >= 0.6 is 11.8 Å². The molecule has 0 radical (unpaired) electrons. The average molecular weight is 455 g/mol. The van der Waals surface area contributed by atoms with E-state index in [-0.39, 0.29) is 29.4 Å². The van der Waals surface area contributed by atoms with Crippen LogP contribution in [-0.2, 0) is 14.3 Å². The summed E-state index contributed by atoms with van der Waals surface area (Å²) in [7, 11) is 1.39. The minimum absolute atomic E-state index is 0.0202. The van der Waals surface area contributed by atoms with Crippen molar-refractivity contribution in [3.8, 4) is 17.1 Å². The molecule has 1 aliphatic heterocycles. The highest BCUT2D eigenvalue weighted by atomic mass is 32.2. The van der Waals surface area contributed by atoms with Crippen molar-refractivity contribution in [3.05, 3.63) is 60.4 Å². The predicted molar refractivity (Wildman–Crippen MR) is 119 cm³/mol. The molecule has 4 rings (SSSR count). The summed E-state index contributed by atoms with van der Waals surface area (Å²) in [4.78, 5) is 26.2. The maximum atomic E-state index is 13.5. The Kier molecular flexibility index (Phi) is 6.84. The molecule has 0 N–H and O–H groups in total. The molecule has 2 heterocycles. The molecular weight excluding hydrogens is 431 g/mol. The molecule has 2 aromatic carbocycles. The number of ether oxygens (including phenoxy) is 1. The third-order valence-corrected chi connectivity index (χ3v) is 6.37. The van der Waals surface area contributed by atoms with Crippen molar-refractivity contribution >= 4 is 23.6 Å². The Labute approximate surface area is 189 Å². The Morgan fingerprint density at radius 3 is 2.41 bits per heavy atom. The summed E-state index contributed by atoms with van der Waals surface area (Å²) in [5.41, 5.74) is 1.58. The van der Waals surface area contributed by atoms with E-state index >= 15 is 0 Å². The predicted octanol–water partition coefficient (Wildman–Crippen LogP) is 3.58. The number of esters is 1. The van der Waals surface area contributed by atoms with Gasteiger partial charge < -0.3 is 9.64 Å². The number of piperidine rings is 1. The highest BCUT2D eigenvalue weighted by Gasteiger charge is 2.28. The van der Waals surface area contributed by atoms with Gasteiger partial charge in [-0.1, -0.05) is 42.1 Å². The smallest absolute Gasteiger partial charge is 0.308 e. The molecule has 0 saturated carbocycles. The lowest BCUT2D eigenvalue weighted by atomic mass is 9.97. The van der Waals surface area contributed by atoms with Crippen LogP contribution in [0.15, 0.2) is 59.8 Å². The average Bonchev–Trinajstić information content (AvgIpc) is 3.27. The molecule has 0 unspecified atom stereocenters. The number of likely N-dealkylation sites (tertiary alicyclic amines) is 1. The summed E-state index contributed by atoms with van der Waals surface area (Å²) >= 11 is 1.29. The van der Waals surface area contributed by atoms with Crippen molar-refractivity contribution in [2.75, 3.05) is 26.0 Å². The number of amides is 1. The number of nitrogens with zero attached hydrogens (tertiary/aromatic N) is 4. The molecule has 1 aromatic heterocycles. The molecule has 0 aliphatic carbocycles. The summed E-state index contributed by atoms with van der Waals surface area (Å²) in [6.07, 6.45) is 1.21. The van der Waals surface area contributed by atoms with Gasteiger partial charge in [0.05, 0.1) is 18.8 Å². The monoisotopic (exact) mass is 454 g/mol. The molecule has 1 fully saturated rings. The van der Waals surface area contributed by atoms with Crippen LogP contribution in [-0.4, -0.2) is 57.5 Å². The van der Waals surface area contributed by atoms with Gasteiger partial charge in [-0.05, 0) is 37.1 Å². The minimum atomic E-state index is -0.331. The maximum Gasteiger partial charge on any atom is 0.308 e. The first kappa shape index (κ1) is 22.0. The van der Waals surface area contributed by atoms with E-state index in [1.807, 2.05) is 34.9 Å². The van der Waals surface area contributed by atoms with Crippen LogP contribution in [0.2, 0.25) is 0 Å². The van der Waals surface area contributed by atoms with Crippen molar-refractivity contribution in [3.63, 3.8) is 0 Å². The Balaban J connectivity index is 1.50. The van der Waals surface area contributed by atoms with E-state index in [1.54, 1.807) is 17.0 Å². The van der Waals surface area contributed by atoms with Gasteiger partial charge in [0.25, 0.3) is 0 Å². The van der Waals surface area contributed by atoms with E-state index in [4.69, 9.17) is 4.74 Å². The van der Waals surface area contributed by atoms with Gasteiger partial charge in [0.15, 0.2) is 11.0 Å². The number of hydrogen-bond donors (Lipinski definition) is 0. The zero-order chi connectivity index (χ0) is 22.5. The number of methoxy groups -OCH3 is 1. The van der Waals surface area contributed by atoms with Gasteiger partial charge in [0.1, 0.15) is 5.82 Å². The molecule has 9 heteroatoms. The molecule has 1 aliphatic rings. The summed E-state index contributed by atoms with van der Waals surface area (Å²) in [6.45, 7) is 1.05. The summed E-state index contributed by atoms with van der Waals surface area (Å²) in [6, 6.07) is 15.7. The van der Waals surface area contributed by atoms with Crippen molar-refractivity contribution in [2.45, 2.75) is 18.0 Å². The van der Waals surface area contributed by atoms with E-state index in [1.165, 1.54) is 31.0 Å². The fourth-order valence-electron chi connectivity index (χ4n) is 3.71. The van der Waals surface area contributed by atoms with Gasteiger partial charge in [-0.3, -0.25) is 14.2 Å². The summed E-state index contributed by atoms with van der Waals surface area (Å²) in [5, 5.41) is 9.19. The number of halogens is 1. The highest BCUT2D eigenvalue weighted by molar-refractivity contribution is 7.99. The lowest BCUT2D eigenvalue weighted by molar-refractivity contribution is -0.148.